The van der Waals surface area contributed by atoms with Crippen molar-refractivity contribution in [3.05, 3.63) is 0 Å². The highest BCUT2D eigenvalue weighted by Crippen LogP contribution is 2.22. The molecular weight excluding hydrogens is 164 g/mol. The minimum absolute atomic E-state index is 0.0318. The van der Waals surface area contributed by atoms with Gasteiger partial charge in [-0.25, -0.2) is 0 Å². The van der Waals surface area contributed by atoms with E-state index < -0.39 is 5.60 Å². The molecule has 1 unspecified atom stereocenters. The molecule has 0 spiro atoms. The lowest BCUT2D eigenvalue weighted by Crippen LogP contribution is -2.33. The zero-order valence-corrected chi connectivity index (χ0v) is 9.21. The first-order valence-electron chi connectivity index (χ1n) is 5.35. The Morgan fingerprint density at radius 3 is 2.15 bits per heavy atom. The van der Waals surface area contributed by atoms with Crippen molar-refractivity contribution in [1.29, 1.82) is 0 Å². The molecular formula is C11H24O2. The van der Waals surface area contributed by atoms with E-state index in [1.54, 1.807) is 13.8 Å². The molecule has 0 aliphatic rings. The molecule has 80 valence electrons. The molecule has 0 aromatic carbocycles. The molecule has 1 atom stereocenters. The lowest BCUT2D eigenvalue weighted by Gasteiger charge is -2.27. The lowest BCUT2D eigenvalue weighted by atomic mass is 9.87. The average Bonchev–Trinajstić information content (AvgIpc) is 2.02. The van der Waals surface area contributed by atoms with Crippen LogP contribution in [-0.2, 0) is 0 Å². The first-order chi connectivity index (χ1) is 6.02. The third-order valence-electron chi connectivity index (χ3n) is 2.63. The molecule has 0 aliphatic carbocycles. The predicted octanol–water partition coefficient (Wildman–Crippen LogP) is 2.34. The van der Waals surface area contributed by atoms with Crippen LogP contribution in [0.3, 0.4) is 0 Å². The van der Waals surface area contributed by atoms with Gasteiger partial charge in [0.25, 0.3) is 0 Å². The van der Waals surface area contributed by atoms with E-state index in [1.807, 2.05) is 0 Å². The summed E-state index contributed by atoms with van der Waals surface area (Å²) in [5, 5.41) is 18.7. The topological polar surface area (TPSA) is 40.5 Å². The quantitative estimate of drug-likeness (QED) is 0.602. The van der Waals surface area contributed by atoms with E-state index in [0.717, 1.165) is 12.8 Å². The molecule has 0 heterocycles. The van der Waals surface area contributed by atoms with Gasteiger partial charge in [-0.3, -0.25) is 0 Å². The Balaban J connectivity index is 3.61. The van der Waals surface area contributed by atoms with Crippen LogP contribution >= 0.6 is 0 Å². The van der Waals surface area contributed by atoms with Crippen LogP contribution in [0.2, 0.25) is 0 Å². The number of aliphatic hydroxyl groups is 2. The Hall–Kier alpha value is -0.0800. The van der Waals surface area contributed by atoms with Crippen molar-refractivity contribution in [3.8, 4) is 0 Å². The highest BCUT2D eigenvalue weighted by atomic mass is 16.3. The van der Waals surface area contributed by atoms with Gasteiger partial charge in [0.2, 0.25) is 0 Å². The molecule has 0 saturated heterocycles. The number of hydrogen-bond donors (Lipinski definition) is 2. The van der Waals surface area contributed by atoms with Crippen LogP contribution in [0.1, 0.15) is 52.9 Å². The molecule has 2 nitrogen and oxygen atoms in total. The molecule has 2 N–H and O–H groups in total. The van der Waals surface area contributed by atoms with Crippen molar-refractivity contribution in [2.24, 2.45) is 5.92 Å². The molecule has 0 bridgehead atoms. The van der Waals surface area contributed by atoms with E-state index in [4.69, 9.17) is 5.11 Å². The van der Waals surface area contributed by atoms with E-state index in [0.29, 0.717) is 0 Å². The third-order valence-corrected chi connectivity index (χ3v) is 2.63. The third kappa shape index (κ3) is 6.05. The Morgan fingerprint density at radius 2 is 1.77 bits per heavy atom. The summed E-state index contributed by atoms with van der Waals surface area (Å²) >= 11 is 0. The summed E-state index contributed by atoms with van der Waals surface area (Å²) in [5.41, 5.74) is -0.735. The largest absolute Gasteiger partial charge is 0.396 e. The van der Waals surface area contributed by atoms with E-state index in [9.17, 15) is 5.11 Å². The SMILES string of the molecule is CCCCCCC(CO)C(C)(C)O. The molecule has 0 saturated carbocycles. The fraction of sp³-hybridized carbons (Fsp3) is 1.00. The van der Waals surface area contributed by atoms with Crippen LogP contribution in [0.15, 0.2) is 0 Å². The maximum absolute atomic E-state index is 9.67. The van der Waals surface area contributed by atoms with Gasteiger partial charge in [0.15, 0.2) is 0 Å². The standard InChI is InChI=1S/C11H24O2/c1-4-5-6-7-8-10(9-12)11(2,3)13/h10,12-13H,4-9H2,1-3H3. The second-order valence-electron chi connectivity index (χ2n) is 4.38. The zero-order chi connectivity index (χ0) is 10.3. The highest BCUT2D eigenvalue weighted by molar-refractivity contribution is 4.76. The maximum Gasteiger partial charge on any atom is 0.0641 e. The number of unbranched alkanes of at least 4 members (excludes halogenated alkanes) is 3. The molecule has 0 aromatic heterocycles. The molecule has 0 aliphatic heterocycles. The second-order valence-corrected chi connectivity index (χ2v) is 4.38. The Labute approximate surface area is 82.0 Å². The molecule has 0 rings (SSSR count). The maximum atomic E-state index is 9.67. The Bertz CT molecular complexity index is 116. The smallest absolute Gasteiger partial charge is 0.0641 e. The van der Waals surface area contributed by atoms with Gasteiger partial charge in [-0.05, 0) is 20.3 Å². The summed E-state index contributed by atoms with van der Waals surface area (Å²) in [7, 11) is 0. The first kappa shape index (κ1) is 12.9. The second kappa shape index (κ2) is 6.39. The zero-order valence-electron chi connectivity index (χ0n) is 9.21. The van der Waals surface area contributed by atoms with Crippen molar-refractivity contribution in [1.82, 2.24) is 0 Å². The average molecular weight is 188 g/mol. The van der Waals surface area contributed by atoms with Crippen LogP contribution in [0.4, 0.5) is 0 Å². The van der Waals surface area contributed by atoms with Gasteiger partial charge in [-0.15, -0.1) is 0 Å². The van der Waals surface area contributed by atoms with E-state index in [-0.39, 0.29) is 12.5 Å². The van der Waals surface area contributed by atoms with Crippen molar-refractivity contribution in [2.75, 3.05) is 6.61 Å². The van der Waals surface area contributed by atoms with E-state index in [2.05, 4.69) is 6.92 Å². The minimum atomic E-state index is -0.735. The molecule has 0 aromatic rings. The molecule has 0 amide bonds. The van der Waals surface area contributed by atoms with Crippen molar-refractivity contribution in [2.45, 2.75) is 58.5 Å². The fourth-order valence-electron chi connectivity index (χ4n) is 1.49. The molecule has 0 radical (unpaired) electrons. The Kier molecular flexibility index (Phi) is 6.35. The first-order valence-corrected chi connectivity index (χ1v) is 5.35. The van der Waals surface area contributed by atoms with Gasteiger partial charge in [0.05, 0.1) is 5.60 Å². The van der Waals surface area contributed by atoms with Gasteiger partial charge in [0.1, 0.15) is 0 Å². The van der Waals surface area contributed by atoms with Crippen molar-refractivity contribution < 1.29 is 10.2 Å². The number of rotatable bonds is 7. The minimum Gasteiger partial charge on any atom is -0.396 e. The van der Waals surface area contributed by atoms with Crippen LogP contribution in [0.25, 0.3) is 0 Å². The summed E-state index contributed by atoms with van der Waals surface area (Å²) in [5.74, 6) is 0.0318. The van der Waals surface area contributed by atoms with Crippen LogP contribution in [0, 0.1) is 5.92 Å². The summed E-state index contributed by atoms with van der Waals surface area (Å²) in [4.78, 5) is 0. The van der Waals surface area contributed by atoms with Crippen LogP contribution in [-0.4, -0.2) is 22.4 Å². The van der Waals surface area contributed by atoms with Crippen molar-refractivity contribution >= 4 is 0 Å². The Morgan fingerprint density at radius 1 is 1.15 bits per heavy atom. The lowest BCUT2D eigenvalue weighted by molar-refractivity contribution is -0.0131. The molecule has 2 heteroatoms. The monoisotopic (exact) mass is 188 g/mol. The van der Waals surface area contributed by atoms with E-state index in [1.165, 1.54) is 19.3 Å². The van der Waals surface area contributed by atoms with E-state index >= 15 is 0 Å². The van der Waals surface area contributed by atoms with Gasteiger partial charge in [0, 0.05) is 12.5 Å². The van der Waals surface area contributed by atoms with Crippen LogP contribution in [0.5, 0.6) is 0 Å². The summed E-state index contributed by atoms with van der Waals surface area (Å²) in [6, 6.07) is 0. The predicted molar refractivity (Wildman–Crippen MR) is 55.6 cm³/mol. The van der Waals surface area contributed by atoms with Gasteiger partial charge < -0.3 is 10.2 Å². The van der Waals surface area contributed by atoms with Gasteiger partial charge in [-0.1, -0.05) is 32.6 Å². The number of hydrogen-bond acceptors (Lipinski definition) is 2. The number of aliphatic hydroxyl groups excluding tert-OH is 1. The summed E-state index contributed by atoms with van der Waals surface area (Å²) in [6.07, 6.45) is 5.74. The highest BCUT2D eigenvalue weighted by Gasteiger charge is 2.25. The normalized spacial score (nSPS) is 14.5. The summed E-state index contributed by atoms with van der Waals surface area (Å²) in [6.45, 7) is 5.82. The molecule has 0 fully saturated rings. The van der Waals surface area contributed by atoms with Gasteiger partial charge in [-0.2, -0.15) is 0 Å². The summed E-state index contributed by atoms with van der Waals surface area (Å²) < 4.78 is 0. The van der Waals surface area contributed by atoms with Crippen LogP contribution < -0.4 is 0 Å². The van der Waals surface area contributed by atoms with Gasteiger partial charge >= 0.3 is 0 Å². The van der Waals surface area contributed by atoms with Crippen molar-refractivity contribution in [3.63, 3.8) is 0 Å². The fourth-order valence-corrected chi connectivity index (χ4v) is 1.49. The molecule has 13 heavy (non-hydrogen) atoms.